The Labute approximate surface area is 186 Å². The molecule has 2 aromatic heterocycles. The zero-order valence-corrected chi connectivity index (χ0v) is 18.8. The minimum absolute atomic E-state index is 0.544. The SMILES string of the molecule is Cc1cccc(-c2nc(Nc3ccc(NCCN4CCCCC4)cc3)ncc2Br)n1. The molecule has 0 amide bonds. The molecular weight excluding hydrogens is 440 g/mol. The van der Waals surface area contributed by atoms with Crippen LogP contribution >= 0.6 is 15.9 Å². The molecule has 3 heterocycles. The second-order valence-electron chi connectivity index (χ2n) is 7.59. The molecule has 1 saturated heterocycles. The Hall–Kier alpha value is -2.51. The molecule has 156 valence electrons. The van der Waals surface area contributed by atoms with E-state index in [4.69, 9.17) is 0 Å². The van der Waals surface area contributed by atoms with Gasteiger partial charge in [-0.15, -0.1) is 0 Å². The lowest BCUT2D eigenvalue weighted by atomic mass is 10.1. The first kappa shape index (κ1) is 20.8. The molecule has 0 radical (unpaired) electrons. The minimum Gasteiger partial charge on any atom is -0.384 e. The zero-order valence-electron chi connectivity index (χ0n) is 17.2. The van der Waals surface area contributed by atoms with Crippen LogP contribution in [0.1, 0.15) is 25.0 Å². The van der Waals surface area contributed by atoms with Crippen LogP contribution in [0.15, 0.2) is 53.1 Å². The van der Waals surface area contributed by atoms with Crippen LogP contribution in [-0.2, 0) is 0 Å². The highest BCUT2D eigenvalue weighted by atomic mass is 79.9. The Bertz CT molecular complexity index is 970. The first-order valence-corrected chi connectivity index (χ1v) is 11.3. The molecule has 1 aromatic carbocycles. The summed E-state index contributed by atoms with van der Waals surface area (Å²) in [6.07, 6.45) is 5.80. The summed E-state index contributed by atoms with van der Waals surface area (Å²) in [6, 6.07) is 14.2. The molecule has 7 heteroatoms. The van der Waals surface area contributed by atoms with Gasteiger partial charge >= 0.3 is 0 Å². The fourth-order valence-corrected chi connectivity index (χ4v) is 4.02. The Morgan fingerprint density at radius 1 is 0.967 bits per heavy atom. The van der Waals surface area contributed by atoms with Gasteiger partial charge in [0.15, 0.2) is 0 Å². The van der Waals surface area contributed by atoms with Crippen molar-refractivity contribution in [2.45, 2.75) is 26.2 Å². The molecule has 4 rings (SSSR count). The first-order chi connectivity index (χ1) is 14.7. The van der Waals surface area contributed by atoms with Crippen molar-refractivity contribution >= 4 is 33.3 Å². The number of likely N-dealkylation sites (tertiary alicyclic amines) is 1. The van der Waals surface area contributed by atoms with E-state index in [9.17, 15) is 0 Å². The van der Waals surface area contributed by atoms with Gasteiger partial charge in [0.05, 0.1) is 10.2 Å². The maximum Gasteiger partial charge on any atom is 0.227 e. The Balaban J connectivity index is 1.36. The largest absolute Gasteiger partial charge is 0.384 e. The number of hydrogen-bond donors (Lipinski definition) is 2. The van der Waals surface area contributed by atoms with Gasteiger partial charge in [-0.1, -0.05) is 12.5 Å². The Morgan fingerprint density at radius 2 is 1.73 bits per heavy atom. The van der Waals surface area contributed by atoms with Crippen molar-refractivity contribution in [2.24, 2.45) is 0 Å². The summed E-state index contributed by atoms with van der Waals surface area (Å²) in [7, 11) is 0. The highest BCUT2D eigenvalue weighted by molar-refractivity contribution is 9.10. The van der Waals surface area contributed by atoms with E-state index < -0.39 is 0 Å². The lowest BCUT2D eigenvalue weighted by Crippen LogP contribution is -2.33. The van der Waals surface area contributed by atoms with E-state index in [2.05, 4.69) is 58.5 Å². The van der Waals surface area contributed by atoms with Gasteiger partial charge in [0.25, 0.3) is 0 Å². The van der Waals surface area contributed by atoms with Gasteiger partial charge in [0.2, 0.25) is 5.95 Å². The Kier molecular flexibility index (Phi) is 6.92. The van der Waals surface area contributed by atoms with E-state index in [1.54, 1.807) is 6.20 Å². The zero-order chi connectivity index (χ0) is 20.8. The molecule has 1 aliphatic heterocycles. The molecule has 30 heavy (non-hydrogen) atoms. The summed E-state index contributed by atoms with van der Waals surface area (Å²) in [5.41, 5.74) is 4.62. The molecule has 0 atom stereocenters. The summed E-state index contributed by atoms with van der Waals surface area (Å²) in [4.78, 5) is 16.1. The lowest BCUT2D eigenvalue weighted by Gasteiger charge is -2.26. The summed E-state index contributed by atoms with van der Waals surface area (Å²) in [6.45, 7) is 6.51. The lowest BCUT2D eigenvalue weighted by molar-refractivity contribution is 0.237. The molecule has 0 saturated carbocycles. The number of nitrogens with one attached hydrogen (secondary N) is 2. The third kappa shape index (κ3) is 5.55. The van der Waals surface area contributed by atoms with Crippen LogP contribution in [0.25, 0.3) is 11.4 Å². The molecule has 2 N–H and O–H groups in total. The smallest absolute Gasteiger partial charge is 0.227 e. The molecule has 0 spiro atoms. The van der Waals surface area contributed by atoms with Crippen LogP contribution in [0.3, 0.4) is 0 Å². The van der Waals surface area contributed by atoms with E-state index in [0.29, 0.717) is 5.95 Å². The van der Waals surface area contributed by atoms with Crippen molar-refractivity contribution in [3.63, 3.8) is 0 Å². The molecule has 0 bridgehead atoms. The number of halogens is 1. The van der Waals surface area contributed by atoms with Gasteiger partial charge in [-0.05, 0) is 85.2 Å². The summed E-state index contributed by atoms with van der Waals surface area (Å²) in [5.74, 6) is 0.544. The highest BCUT2D eigenvalue weighted by Gasteiger charge is 2.10. The van der Waals surface area contributed by atoms with Crippen LogP contribution in [0.4, 0.5) is 17.3 Å². The normalized spacial score (nSPS) is 14.5. The van der Waals surface area contributed by atoms with Gasteiger partial charge in [-0.2, -0.15) is 0 Å². The second-order valence-corrected chi connectivity index (χ2v) is 8.44. The quantitative estimate of drug-likeness (QED) is 0.495. The Morgan fingerprint density at radius 3 is 2.50 bits per heavy atom. The number of piperidine rings is 1. The van der Waals surface area contributed by atoms with Crippen LogP contribution in [0, 0.1) is 6.92 Å². The number of benzene rings is 1. The average molecular weight is 467 g/mol. The molecular formula is C23H27BrN6. The summed E-state index contributed by atoms with van der Waals surface area (Å²) in [5, 5.41) is 6.80. The van der Waals surface area contributed by atoms with Crippen molar-refractivity contribution in [3.05, 3.63) is 58.8 Å². The van der Waals surface area contributed by atoms with Crippen molar-refractivity contribution < 1.29 is 0 Å². The van der Waals surface area contributed by atoms with Crippen LogP contribution in [0.5, 0.6) is 0 Å². The fourth-order valence-electron chi connectivity index (χ4n) is 3.62. The number of pyridine rings is 1. The average Bonchev–Trinajstić information content (AvgIpc) is 2.77. The van der Waals surface area contributed by atoms with Gasteiger partial charge in [-0.25, -0.2) is 9.97 Å². The molecule has 0 unspecified atom stereocenters. The summed E-state index contributed by atoms with van der Waals surface area (Å²) < 4.78 is 0.819. The predicted octanol–water partition coefficient (Wildman–Crippen LogP) is 5.25. The first-order valence-electron chi connectivity index (χ1n) is 10.5. The van der Waals surface area contributed by atoms with Gasteiger partial charge in [-0.3, -0.25) is 4.98 Å². The van der Waals surface area contributed by atoms with Crippen molar-refractivity contribution in [1.29, 1.82) is 0 Å². The topological polar surface area (TPSA) is 66.0 Å². The van der Waals surface area contributed by atoms with E-state index in [0.717, 1.165) is 46.0 Å². The van der Waals surface area contributed by atoms with E-state index in [1.165, 1.54) is 32.4 Å². The molecule has 0 aliphatic carbocycles. The molecule has 1 aliphatic rings. The van der Waals surface area contributed by atoms with Crippen LogP contribution in [-0.4, -0.2) is 46.0 Å². The van der Waals surface area contributed by atoms with E-state index in [1.807, 2.05) is 37.3 Å². The van der Waals surface area contributed by atoms with Crippen LogP contribution in [0.2, 0.25) is 0 Å². The van der Waals surface area contributed by atoms with Gasteiger partial charge in [0, 0.05) is 36.4 Å². The third-order valence-corrected chi connectivity index (χ3v) is 5.80. The maximum atomic E-state index is 4.65. The molecule has 1 fully saturated rings. The monoisotopic (exact) mass is 466 g/mol. The van der Waals surface area contributed by atoms with Gasteiger partial charge in [0.1, 0.15) is 5.69 Å². The van der Waals surface area contributed by atoms with Crippen molar-refractivity contribution in [3.8, 4) is 11.4 Å². The van der Waals surface area contributed by atoms with E-state index in [-0.39, 0.29) is 0 Å². The van der Waals surface area contributed by atoms with Gasteiger partial charge < -0.3 is 15.5 Å². The highest BCUT2D eigenvalue weighted by Crippen LogP contribution is 2.26. The molecule has 6 nitrogen and oxygen atoms in total. The van der Waals surface area contributed by atoms with Crippen molar-refractivity contribution in [1.82, 2.24) is 19.9 Å². The maximum absolute atomic E-state index is 4.65. The fraction of sp³-hybridized carbons (Fsp3) is 0.348. The number of anilines is 3. The molecule has 3 aromatic rings. The number of aromatic nitrogens is 3. The number of rotatable bonds is 7. The third-order valence-electron chi connectivity index (χ3n) is 5.22. The minimum atomic E-state index is 0.544. The number of aryl methyl sites for hydroxylation is 1. The number of nitrogens with zero attached hydrogens (tertiary/aromatic N) is 4. The standard InChI is InChI=1S/C23H27BrN6/c1-17-6-5-7-21(27-17)22-20(24)16-26-23(29-22)28-19-10-8-18(9-11-19)25-12-15-30-13-3-2-4-14-30/h5-11,16,25H,2-4,12-15H2,1H3,(H,26,28,29). The van der Waals surface area contributed by atoms with Crippen molar-refractivity contribution in [2.75, 3.05) is 36.8 Å². The van der Waals surface area contributed by atoms with E-state index >= 15 is 0 Å². The van der Waals surface area contributed by atoms with Crippen LogP contribution < -0.4 is 10.6 Å². The second kappa shape index (κ2) is 10.00. The summed E-state index contributed by atoms with van der Waals surface area (Å²) >= 11 is 3.53. The predicted molar refractivity (Wildman–Crippen MR) is 126 cm³/mol. The number of hydrogen-bond acceptors (Lipinski definition) is 6.